The maximum atomic E-state index is 11.4. The molecule has 0 aliphatic rings. The van der Waals surface area contributed by atoms with Crippen LogP contribution in [0.2, 0.25) is 0 Å². The van der Waals surface area contributed by atoms with Gasteiger partial charge in [-0.1, -0.05) is 13.8 Å². The fraction of sp³-hybridized carbons (Fsp3) is 0.800. The van der Waals surface area contributed by atoms with Gasteiger partial charge >= 0.3 is 0 Å². The number of hydrogen-bond donors (Lipinski definition) is 2. The molecular formula is C10H20N2O2. The van der Waals surface area contributed by atoms with Gasteiger partial charge in [-0.2, -0.15) is 0 Å². The van der Waals surface area contributed by atoms with Crippen LogP contribution in [-0.2, 0) is 9.59 Å². The van der Waals surface area contributed by atoms with Gasteiger partial charge in [0.15, 0.2) is 5.78 Å². The zero-order valence-corrected chi connectivity index (χ0v) is 9.33. The third kappa shape index (κ3) is 4.97. The molecule has 0 saturated carbocycles. The molecule has 1 amide bonds. The standard InChI is InChI=1S/C10H20N2O2/c1-6(2)5-9(11)10(14)12-7(3)8(4)13/h6-7,9H,5,11H2,1-4H3,(H,12,14)/t7-,9-/m0/s1. The Morgan fingerprint density at radius 2 is 1.79 bits per heavy atom. The van der Waals surface area contributed by atoms with Crippen LogP contribution in [0.5, 0.6) is 0 Å². The third-order valence-corrected chi connectivity index (χ3v) is 2.03. The van der Waals surface area contributed by atoms with Crippen molar-refractivity contribution in [3.63, 3.8) is 0 Å². The lowest BCUT2D eigenvalue weighted by atomic mass is 10.0. The van der Waals surface area contributed by atoms with Gasteiger partial charge in [0.05, 0.1) is 12.1 Å². The smallest absolute Gasteiger partial charge is 0.237 e. The average Bonchev–Trinajstić information content (AvgIpc) is 2.02. The molecule has 0 aromatic rings. The first kappa shape index (κ1) is 13.1. The first-order valence-electron chi connectivity index (χ1n) is 4.91. The summed E-state index contributed by atoms with van der Waals surface area (Å²) in [5, 5.41) is 2.57. The fourth-order valence-corrected chi connectivity index (χ4v) is 1.04. The van der Waals surface area contributed by atoms with E-state index < -0.39 is 12.1 Å². The van der Waals surface area contributed by atoms with Crippen molar-refractivity contribution in [2.45, 2.75) is 46.2 Å². The Bertz CT molecular complexity index is 214. The molecule has 0 rings (SSSR count). The van der Waals surface area contributed by atoms with E-state index in [-0.39, 0.29) is 11.7 Å². The van der Waals surface area contributed by atoms with Gasteiger partial charge in [0, 0.05) is 0 Å². The number of hydrogen-bond acceptors (Lipinski definition) is 3. The molecule has 0 saturated heterocycles. The summed E-state index contributed by atoms with van der Waals surface area (Å²) in [6.45, 7) is 7.10. The number of carbonyl (C=O) groups is 2. The van der Waals surface area contributed by atoms with Crippen LogP contribution >= 0.6 is 0 Å². The van der Waals surface area contributed by atoms with Crippen molar-refractivity contribution in [1.29, 1.82) is 0 Å². The third-order valence-electron chi connectivity index (χ3n) is 2.03. The summed E-state index contributed by atoms with van der Waals surface area (Å²) in [7, 11) is 0. The lowest BCUT2D eigenvalue weighted by molar-refractivity contribution is -0.127. The minimum atomic E-state index is -0.517. The van der Waals surface area contributed by atoms with Crippen LogP contribution in [0.15, 0.2) is 0 Å². The van der Waals surface area contributed by atoms with Gasteiger partial charge in [-0.3, -0.25) is 9.59 Å². The summed E-state index contributed by atoms with van der Waals surface area (Å²) in [5.41, 5.74) is 5.64. The van der Waals surface area contributed by atoms with Crippen molar-refractivity contribution >= 4 is 11.7 Å². The highest BCUT2D eigenvalue weighted by Gasteiger charge is 2.18. The molecule has 2 atom stereocenters. The average molecular weight is 200 g/mol. The second kappa shape index (κ2) is 5.75. The van der Waals surface area contributed by atoms with Crippen LogP contribution in [0.1, 0.15) is 34.1 Å². The Morgan fingerprint density at radius 3 is 2.14 bits per heavy atom. The molecule has 0 heterocycles. The van der Waals surface area contributed by atoms with Crippen molar-refractivity contribution in [3.05, 3.63) is 0 Å². The molecule has 4 heteroatoms. The van der Waals surface area contributed by atoms with E-state index in [2.05, 4.69) is 5.32 Å². The molecule has 82 valence electrons. The Balaban J connectivity index is 4.01. The number of nitrogens with two attached hydrogens (primary N) is 1. The Labute approximate surface area is 85.2 Å². The molecule has 14 heavy (non-hydrogen) atoms. The molecule has 0 aromatic heterocycles. The Hall–Kier alpha value is -0.900. The summed E-state index contributed by atoms with van der Waals surface area (Å²) >= 11 is 0. The molecule has 0 aliphatic carbocycles. The highest BCUT2D eigenvalue weighted by molar-refractivity contribution is 5.89. The van der Waals surface area contributed by atoms with Crippen molar-refractivity contribution in [1.82, 2.24) is 5.32 Å². The number of ketones is 1. The lowest BCUT2D eigenvalue weighted by Gasteiger charge is -2.16. The number of carbonyl (C=O) groups excluding carboxylic acids is 2. The van der Waals surface area contributed by atoms with Gasteiger partial charge in [0.2, 0.25) is 5.91 Å². The van der Waals surface area contributed by atoms with Crippen LogP contribution in [-0.4, -0.2) is 23.8 Å². The fourth-order valence-electron chi connectivity index (χ4n) is 1.04. The van der Waals surface area contributed by atoms with E-state index in [1.54, 1.807) is 6.92 Å². The first-order valence-corrected chi connectivity index (χ1v) is 4.91. The van der Waals surface area contributed by atoms with Crippen LogP contribution in [0.4, 0.5) is 0 Å². The van der Waals surface area contributed by atoms with Crippen LogP contribution in [0.3, 0.4) is 0 Å². The van der Waals surface area contributed by atoms with Crippen molar-refractivity contribution < 1.29 is 9.59 Å². The second-order valence-corrected chi connectivity index (χ2v) is 4.08. The van der Waals surface area contributed by atoms with Gasteiger partial charge in [-0.25, -0.2) is 0 Å². The summed E-state index contributed by atoms with van der Waals surface area (Å²) in [4.78, 5) is 22.3. The van der Waals surface area contributed by atoms with E-state index in [1.165, 1.54) is 6.92 Å². The van der Waals surface area contributed by atoms with E-state index in [0.717, 1.165) is 0 Å². The number of Topliss-reactive ketones (excluding diaryl/α,β-unsaturated/α-hetero) is 1. The molecule has 0 spiro atoms. The Kier molecular flexibility index (Phi) is 5.38. The van der Waals surface area contributed by atoms with Crippen LogP contribution < -0.4 is 11.1 Å². The summed E-state index contributed by atoms with van der Waals surface area (Å²) in [5.74, 6) is 0.0693. The normalized spacial score (nSPS) is 15.0. The molecule has 0 unspecified atom stereocenters. The van der Waals surface area contributed by atoms with E-state index in [4.69, 9.17) is 5.73 Å². The monoisotopic (exact) mass is 200 g/mol. The summed E-state index contributed by atoms with van der Waals surface area (Å²) in [6, 6.07) is -0.961. The predicted octanol–water partition coefficient (Wildman–Crippen LogP) is 0.454. The molecule has 0 fully saturated rings. The topological polar surface area (TPSA) is 72.2 Å². The summed E-state index contributed by atoms with van der Waals surface area (Å²) in [6.07, 6.45) is 0.635. The SMILES string of the molecule is CC(=O)[C@H](C)NC(=O)[C@@H](N)CC(C)C. The first-order chi connectivity index (χ1) is 6.34. The number of rotatable bonds is 5. The number of amides is 1. The van der Waals surface area contributed by atoms with Crippen molar-refractivity contribution in [2.24, 2.45) is 11.7 Å². The molecule has 3 N–H and O–H groups in total. The molecule has 0 aliphatic heterocycles. The summed E-state index contributed by atoms with van der Waals surface area (Å²) < 4.78 is 0. The second-order valence-electron chi connectivity index (χ2n) is 4.08. The molecule has 4 nitrogen and oxygen atoms in total. The van der Waals surface area contributed by atoms with Gasteiger partial charge in [-0.05, 0) is 26.2 Å². The quantitative estimate of drug-likeness (QED) is 0.677. The van der Waals surface area contributed by atoms with Gasteiger partial charge in [0.25, 0.3) is 0 Å². The number of nitrogens with one attached hydrogen (secondary N) is 1. The Morgan fingerprint density at radius 1 is 1.29 bits per heavy atom. The minimum Gasteiger partial charge on any atom is -0.345 e. The van der Waals surface area contributed by atoms with Gasteiger partial charge in [0.1, 0.15) is 0 Å². The van der Waals surface area contributed by atoms with E-state index in [0.29, 0.717) is 12.3 Å². The molecule has 0 bridgehead atoms. The maximum Gasteiger partial charge on any atom is 0.237 e. The van der Waals surface area contributed by atoms with Gasteiger partial charge < -0.3 is 11.1 Å². The zero-order chi connectivity index (χ0) is 11.3. The largest absolute Gasteiger partial charge is 0.345 e. The maximum absolute atomic E-state index is 11.4. The highest BCUT2D eigenvalue weighted by atomic mass is 16.2. The van der Waals surface area contributed by atoms with Crippen LogP contribution in [0, 0.1) is 5.92 Å². The van der Waals surface area contributed by atoms with E-state index in [9.17, 15) is 9.59 Å². The molecular weight excluding hydrogens is 180 g/mol. The predicted molar refractivity (Wildman–Crippen MR) is 55.7 cm³/mol. The van der Waals surface area contributed by atoms with Crippen molar-refractivity contribution in [3.8, 4) is 0 Å². The van der Waals surface area contributed by atoms with E-state index in [1.807, 2.05) is 13.8 Å². The molecule has 0 radical (unpaired) electrons. The van der Waals surface area contributed by atoms with E-state index >= 15 is 0 Å². The van der Waals surface area contributed by atoms with Crippen molar-refractivity contribution in [2.75, 3.05) is 0 Å². The molecule has 0 aromatic carbocycles. The highest BCUT2D eigenvalue weighted by Crippen LogP contribution is 2.02. The van der Waals surface area contributed by atoms with Crippen LogP contribution in [0.25, 0.3) is 0 Å². The van der Waals surface area contributed by atoms with Gasteiger partial charge in [-0.15, -0.1) is 0 Å². The minimum absolute atomic E-state index is 0.0601. The zero-order valence-electron chi connectivity index (χ0n) is 9.33. The lowest BCUT2D eigenvalue weighted by Crippen LogP contribution is -2.47.